The van der Waals surface area contributed by atoms with Crippen molar-refractivity contribution in [1.29, 1.82) is 0 Å². The molecule has 1 aromatic carbocycles. The van der Waals surface area contributed by atoms with Crippen LogP contribution >= 0.6 is 38.5 Å². The van der Waals surface area contributed by atoms with Gasteiger partial charge in [-0.3, -0.25) is 9.59 Å². The zero-order chi connectivity index (χ0) is 15.3. The van der Waals surface area contributed by atoms with E-state index in [9.17, 15) is 9.59 Å². The van der Waals surface area contributed by atoms with Crippen molar-refractivity contribution < 1.29 is 14.7 Å². The molecule has 1 N–H and O–H groups in total. The normalized spacial score (nSPS) is 10.7. The Hall–Kier alpha value is -0.630. The summed E-state index contributed by atoms with van der Waals surface area (Å²) in [6.07, 6.45) is 0.533. The Morgan fingerprint density at radius 2 is 2.05 bits per heavy atom. The second-order valence-electron chi connectivity index (χ2n) is 4.71. The number of carboxylic acid groups (broad SMARTS) is 1. The van der Waals surface area contributed by atoms with Gasteiger partial charge in [0.05, 0.1) is 5.56 Å². The third-order valence-electron chi connectivity index (χ3n) is 2.83. The predicted molar refractivity (Wildman–Crippen MR) is 89.9 cm³/mol. The molecule has 6 heteroatoms. The smallest absolute Gasteiger partial charge is 0.303 e. The number of benzene rings is 1. The summed E-state index contributed by atoms with van der Waals surface area (Å²) in [6.45, 7) is 4.31. The van der Waals surface area contributed by atoms with E-state index in [1.165, 1.54) is 0 Å². The first-order valence-electron chi connectivity index (χ1n) is 6.30. The van der Waals surface area contributed by atoms with E-state index in [1.54, 1.807) is 4.90 Å². The van der Waals surface area contributed by atoms with Gasteiger partial charge < -0.3 is 10.0 Å². The highest BCUT2D eigenvalue weighted by Crippen LogP contribution is 2.22. The molecule has 0 saturated carbocycles. The highest BCUT2D eigenvalue weighted by Gasteiger charge is 2.21. The van der Waals surface area contributed by atoms with E-state index < -0.39 is 5.97 Å². The Bertz CT molecular complexity index is 505. The van der Waals surface area contributed by atoms with E-state index in [1.807, 2.05) is 32.0 Å². The summed E-state index contributed by atoms with van der Waals surface area (Å²) in [5.41, 5.74) is 0.612. The van der Waals surface area contributed by atoms with Crippen LogP contribution in [0, 0.1) is 3.57 Å². The van der Waals surface area contributed by atoms with E-state index in [0.717, 1.165) is 8.04 Å². The van der Waals surface area contributed by atoms with Crippen LogP contribution in [0.4, 0.5) is 0 Å². The van der Waals surface area contributed by atoms with Gasteiger partial charge in [0.15, 0.2) is 0 Å². The predicted octanol–water partition coefficient (Wildman–Crippen LogP) is 3.77. The van der Waals surface area contributed by atoms with Gasteiger partial charge in [-0.25, -0.2) is 0 Å². The van der Waals surface area contributed by atoms with Crippen LogP contribution < -0.4 is 0 Å². The van der Waals surface area contributed by atoms with Gasteiger partial charge in [0.25, 0.3) is 5.91 Å². The maximum Gasteiger partial charge on any atom is 0.303 e. The Balaban J connectivity index is 2.88. The number of hydrogen-bond donors (Lipinski definition) is 1. The highest BCUT2D eigenvalue weighted by atomic mass is 127. The van der Waals surface area contributed by atoms with E-state index >= 15 is 0 Å². The SMILES string of the molecule is CC(C)N(CCCC(=O)O)C(=O)c1cc(I)ccc1Br. The number of rotatable bonds is 6. The second kappa shape index (κ2) is 7.97. The van der Waals surface area contributed by atoms with E-state index in [2.05, 4.69) is 38.5 Å². The molecule has 0 bridgehead atoms. The second-order valence-corrected chi connectivity index (χ2v) is 6.81. The number of nitrogens with zero attached hydrogens (tertiary/aromatic N) is 1. The molecule has 0 aromatic heterocycles. The Morgan fingerprint density at radius 1 is 1.40 bits per heavy atom. The van der Waals surface area contributed by atoms with Gasteiger partial charge in [0.2, 0.25) is 0 Å². The molecule has 110 valence electrons. The van der Waals surface area contributed by atoms with Crippen LogP contribution in [0.2, 0.25) is 0 Å². The zero-order valence-corrected chi connectivity index (χ0v) is 15.1. The summed E-state index contributed by atoms with van der Waals surface area (Å²) in [5, 5.41) is 8.69. The average molecular weight is 454 g/mol. The number of hydrogen-bond acceptors (Lipinski definition) is 2. The number of carbonyl (C=O) groups is 2. The maximum atomic E-state index is 12.6. The monoisotopic (exact) mass is 453 g/mol. The molecule has 0 aliphatic rings. The lowest BCUT2D eigenvalue weighted by molar-refractivity contribution is -0.137. The molecule has 0 aliphatic carbocycles. The molecule has 20 heavy (non-hydrogen) atoms. The standard InChI is InChI=1S/C14H17BrINO3/c1-9(2)17(7-3-4-13(18)19)14(20)11-8-10(16)5-6-12(11)15/h5-6,8-9H,3-4,7H2,1-2H3,(H,18,19). The number of amides is 1. The van der Waals surface area contributed by atoms with Crippen LogP contribution in [0.15, 0.2) is 22.7 Å². The van der Waals surface area contributed by atoms with Crippen LogP contribution in [0.5, 0.6) is 0 Å². The molecule has 0 saturated heterocycles. The summed E-state index contributed by atoms with van der Waals surface area (Å²) < 4.78 is 1.75. The third kappa shape index (κ3) is 5.05. The summed E-state index contributed by atoms with van der Waals surface area (Å²) in [6, 6.07) is 5.64. The number of carbonyl (C=O) groups excluding carboxylic acids is 1. The topological polar surface area (TPSA) is 57.6 Å². The van der Waals surface area contributed by atoms with Crippen LogP contribution in [-0.2, 0) is 4.79 Å². The fourth-order valence-electron chi connectivity index (χ4n) is 1.81. The molecule has 4 nitrogen and oxygen atoms in total. The molecule has 1 amide bonds. The fraction of sp³-hybridized carbons (Fsp3) is 0.429. The Kier molecular flexibility index (Phi) is 6.94. The van der Waals surface area contributed by atoms with Crippen LogP contribution in [0.25, 0.3) is 0 Å². The highest BCUT2D eigenvalue weighted by molar-refractivity contribution is 14.1. The minimum absolute atomic E-state index is 0.0288. The minimum Gasteiger partial charge on any atom is -0.481 e. The molecule has 0 heterocycles. The fourth-order valence-corrected chi connectivity index (χ4v) is 2.72. The first-order valence-corrected chi connectivity index (χ1v) is 8.18. The van der Waals surface area contributed by atoms with E-state index in [-0.39, 0.29) is 18.4 Å². The van der Waals surface area contributed by atoms with Crippen LogP contribution in [-0.4, -0.2) is 34.5 Å². The summed E-state index contributed by atoms with van der Waals surface area (Å²) in [4.78, 5) is 24.9. The lowest BCUT2D eigenvalue weighted by Gasteiger charge is -2.27. The molecule has 0 aliphatic heterocycles. The van der Waals surface area contributed by atoms with Crippen molar-refractivity contribution in [1.82, 2.24) is 4.90 Å². The average Bonchev–Trinajstić information content (AvgIpc) is 2.36. The van der Waals surface area contributed by atoms with Gasteiger partial charge in [0.1, 0.15) is 0 Å². The maximum absolute atomic E-state index is 12.6. The summed E-state index contributed by atoms with van der Waals surface area (Å²) in [5.74, 6) is -0.910. The van der Waals surface area contributed by atoms with E-state index in [0.29, 0.717) is 18.5 Å². The van der Waals surface area contributed by atoms with Crippen molar-refractivity contribution in [3.05, 3.63) is 31.8 Å². The van der Waals surface area contributed by atoms with Gasteiger partial charge in [0, 0.05) is 27.1 Å². The molecule has 1 aromatic rings. The van der Waals surface area contributed by atoms with Crippen molar-refractivity contribution >= 4 is 50.4 Å². The molecule has 0 fully saturated rings. The summed E-state index contributed by atoms with van der Waals surface area (Å²) >= 11 is 5.56. The first-order chi connectivity index (χ1) is 9.32. The van der Waals surface area contributed by atoms with Crippen molar-refractivity contribution in [3.63, 3.8) is 0 Å². The molecule has 0 unspecified atom stereocenters. The van der Waals surface area contributed by atoms with Crippen molar-refractivity contribution in [2.75, 3.05) is 6.54 Å². The van der Waals surface area contributed by atoms with Crippen LogP contribution in [0.3, 0.4) is 0 Å². The Labute approximate surface area is 140 Å². The van der Waals surface area contributed by atoms with Crippen molar-refractivity contribution in [2.45, 2.75) is 32.7 Å². The number of carboxylic acids is 1. The van der Waals surface area contributed by atoms with Gasteiger partial charge >= 0.3 is 5.97 Å². The number of aliphatic carboxylic acids is 1. The van der Waals surface area contributed by atoms with Gasteiger partial charge in [-0.1, -0.05) is 0 Å². The summed E-state index contributed by atoms with van der Waals surface area (Å²) in [7, 11) is 0. The molecule has 0 atom stereocenters. The third-order valence-corrected chi connectivity index (χ3v) is 4.20. The van der Waals surface area contributed by atoms with E-state index in [4.69, 9.17) is 5.11 Å². The molecule has 1 rings (SSSR count). The molecule has 0 radical (unpaired) electrons. The molecule has 0 spiro atoms. The van der Waals surface area contributed by atoms with Crippen molar-refractivity contribution in [2.24, 2.45) is 0 Å². The van der Waals surface area contributed by atoms with Crippen molar-refractivity contribution in [3.8, 4) is 0 Å². The minimum atomic E-state index is -0.836. The lowest BCUT2D eigenvalue weighted by atomic mass is 10.1. The largest absolute Gasteiger partial charge is 0.481 e. The molecular weight excluding hydrogens is 437 g/mol. The molecular formula is C14H17BrINO3. The number of halogens is 2. The quantitative estimate of drug-likeness (QED) is 0.667. The lowest BCUT2D eigenvalue weighted by Crippen LogP contribution is -2.38. The Morgan fingerprint density at radius 3 is 2.60 bits per heavy atom. The first kappa shape index (κ1) is 17.4. The van der Waals surface area contributed by atoms with Crippen LogP contribution in [0.1, 0.15) is 37.0 Å². The van der Waals surface area contributed by atoms with Gasteiger partial charge in [-0.05, 0) is 77.0 Å². The van der Waals surface area contributed by atoms with Gasteiger partial charge in [-0.15, -0.1) is 0 Å². The zero-order valence-electron chi connectivity index (χ0n) is 11.4. The van der Waals surface area contributed by atoms with Gasteiger partial charge in [-0.2, -0.15) is 0 Å².